The molecule has 0 aromatic carbocycles. The van der Waals surface area contributed by atoms with Gasteiger partial charge in [-0.05, 0) is 32.2 Å². The average molecular weight is 277 g/mol. The molecule has 1 saturated carbocycles. The Bertz CT molecular complexity index is 423. The Morgan fingerprint density at radius 1 is 1.35 bits per heavy atom. The monoisotopic (exact) mass is 277 g/mol. The maximum Gasteiger partial charge on any atom is 0.0950 e. The molecule has 20 heavy (non-hydrogen) atoms. The second-order valence-electron chi connectivity index (χ2n) is 6.36. The van der Waals surface area contributed by atoms with Crippen LogP contribution < -0.4 is 5.32 Å². The van der Waals surface area contributed by atoms with Gasteiger partial charge >= 0.3 is 0 Å². The van der Waals surface area contributed by atoms with Crippen molar-refractivity contribution < 1.29 is 4.74 Å². The molecule has 1 spiro atoms. The van der Waals surface area contributed by atoms with Crippen LogP contribution >= 0.6 is 0 Å². The summed E-state index contributed by atoms with van der Waals surface area (Å²) in [6, 6.07) is 0. The zero-order chi connectivity index (χ0) is 13.8. The predicted molar refractivity (Wildman–Crippen MR) is 79.5 cm³/mol. The quantitative estimate of drug-likeness (QED) is 0.899. The highest BCUT2D eigenvalue weighted by molar-refractivity contribution is 4.97. The summed E-state index contributed by atoms with van der Waals surface area (Å²) < 4.78 is 8.61. The van der Waals surface area contributed by atoms with Crippen LogP contribution in [0.5, 0.6) is 0 Å². The van der Waals surface area contributed by atoms with Crippen LogP contribution in [0.2, 0.25) is 0 Å². The number of aromatic nitrogens is 2. The van der Waals surface area contributed by atoms with E-state index in [4.69, 9.17) is 4.74 Å². The minimum absolute atomic E-state index is 0.232. The van der Waals surface area contributed by atoms with Crippen LogP contribution in [0.1, 0.15) is 57.6 Å². The zero-order valence-electron chi connectivity index (χ0n) is 12.6. The van der Waals surface area contributed by atoms with E-state index in [2.05, 4.69) is 28.0 Å². The molecule has 1 aliphatic carbocycles. The van der Waals surface area contributed by atoms with Crippen molar-refractivity contribution in [2.24, 2.45) is 0 Å². The molecule has 4 heteroatoms. The molecule has 1 saturated heterocycles. The van der Waals surface area contributed by atoms with Gasteiger partial charge in [0.1, 0.15) is 0 Å². The Balaban J connectivity index is 1.52. The lowest BCUT2D eigenvalue weighted by Gasteiger charge is -2.33. The number of imidazole rings is 1. The van der Waals surface area contributed by atoms with Crippen molar-refractivity contribution in [2.45, 2.75) is 76.7 Å². The third kappa shape index (κ3) is 3.23. The van der Waals surface area contributed by atoms with E-state index < -0.39 is 0 Å². The van der Waals surface area contributed by atoms with E-state index in [1.807, 2.05) is 6.33 Å². The van der Waals surface area contributed by atoms with Gasteiger partial charge in [-0.2, -0.15) is 0 Å². The first kappa shape index (κ1) is 14.1. The molecule has 1 aromatic rings. The number of hydrogen-bond acceptors (Lipinski definition) is 3. The van der Waals surface area contributed by atoms with E-state index in [1.54, 1.807) is 0 Å². The molecule has 0 amide bonds. The fourth-order valence-corrected chi connectivity index (χ4v) is 3.67. The molecule has 1 unspecified atom stereocenters. The molecule has 4 nitrogen and oxygen atoms in total. The second-order valence-corrected chi connectivity index (χ2v) is 6.36. The lowest BCUT2D eigenvalue weighted by atomic mass is 9.83. The molecule has 112 valence electrons. The van der Waals surface area contributed by atoms with Gasteiger partial charge in [0.25, 0.3) is 0 Å². The molecular formula is C16H27N3O. The lowest BCUT2D eigenvalue weighted by Crippen LogP contribution is -2.32. The summed E-state index contributed by atoms with van der Waals surface area (Å²) in [5, 5.41) is 3.31. The normalized spacial score (nSPS) is 25.4. The molecule has 2 fully saturated rings. The van der Waals surface area contributed by atoms with Gasteiger partial charge < -0.3 is 14.6 Å². The topological polar surface area (TPSA) is 39.1 Å². The molecule has 1 N–H and O–H groups in total. The summed E-state index contributed by atoms with van der Waals surface area (Å²) in [5.74, 6) is 0. The SMILES string of the molecule is CCNCc1cn(CC2CCC3(CCCCC3)O2)cn1. The smallest absolute Gasteiger partial charge is 0.0950 e. The van der Waals surface area contributed by atoms with Crippen LogP contribution in [0.25, 0.3) is 0 Å². The third-order valence-corrected chi connectivity index (χ3v) is 4.76. The van der Waals surface area contributed by atoms with Crippen LogP contribution in [0, 0.1) is 0 Å². The molecule has 0 radical (unpaired) electrons. The molecular weight excluding hydrogens is 250 g/mol. The minimum atomic E-state index is 0.232. The first-order valence-electron chi connectivity index (χ1n) is 8.19. The predicted octanol–water partition coefficient (Wildman–Crippen LogP) is 2.87. The van der Waals surface area contributed by atoms with Crippen molar-refractivity contribution in [2.75, 3.05) is 6.54 Å². The van der Waals surface area contributed by atoms with Gasteiger partial charge in [0.2, 0.25) is 0 Å². The van der Waals surface area contributed by atoms with Crippen molar-refractivity contribution in [1.82, 2.24) is 14.9 Å². The molecule has 3 rings (SSSR count). The summed E-state index contributed by atoms with van der Waals surface area (Å²) in [5.41, 5.74) is 1.35. The standard InChI is InChI=1S/C16H27N3O/c1-2-17-10-14-11-19(13-18-14)12-15-6-9-16(20-15)7-4-3-5-8-16/h11,13,15,17H,2-10,12H2,1H3. The molecule has 0 bridgehead atoms. The summed E-state index contributed by atoms with van der Waals surface area (Å²) in [6.07, 6.45) is 13.6. The van der Waals surface area contributed by atoms with Crippen molar-refractivity contribution in [3.8, 4) is 0 Å². The highest BCUT2D eigenvalue weighted by Gasteiger charge is 2.40. The Hall–Kier alpha value is -0.870. The Morgan fingerprint density at radius 3 is 3.00 bits per heavy atom. The van der Waals surface area contributed by atoms with Crippen LogP contribution in [0.4, 0.5) is 0 Å². The Kier molecular flexibility index (Phi) is 4.41. The summed E-state index contributed by atoms with van der Waals surface area (Å²) >= 11 is 0. The molecule has 1 aliphatic heterocycles. The van der Waals surface area contributed by atoms with E-state index >= 15 is 0 Å². The van der Waals surface area contributed by atoms with Crippen molar-refractivity contribution >= 4 is 0 Å². The van der Waals surface area contributed by atoms with Gasteiger partial charge in [0, 0.05) is 19.3 Å². The highest BCUT2D eigenvalue weighted by atomic mass is 16.5. The number of ether oxygens (including phenoxy) is 1. The van der Waals surface area contributed by atoms with Gasteiger partial charge in [-0.1, -0.05) is 26.2 Å². The molecule has 1 atom stereocenters. The van der Waals surface area contributed by atoms with E-state index in [1.165, 1.54) is 44.9 Å². The van der Waals surface area contributed by atoms with E-state index in [0.717, 1.165) is 25.3 Å². The van der Waals surface area contributed by atoms with Gasteiger partial charge in [0.15, 0.2) is 0 Å². The van der Waals surface area contributed by atoms with Gasteiger partial charge in [0.05, 0.1) is 23.7 Å². The van der Waals surface area contributed by atoms with Gasteiger partial charge in [-0.3, -0.25) is 0 Å². The Labute approximate surface area is 121 Å². The summed E-state index contributed by atoms with van der Waals surface area (Å²) in [7, 11) is 0. The van der Waals surface area contributed by atoms with Crippen LogP contribution in [0.15, 0.2) is 12.5 Å². The average Bonchev–Trinajstić information content (AvgIpc) is 3.06. The molecule has 2 aliphatic rings. The van der Waals surface area contributed by atoms with E-state index in [-0.39, 0.29) is 5.60 Å². The van der Waals surface area contributed by atoms with E-state index in [9.17, 15) is 0 Å². The third-order valence-electron chi connectivity index (χ3n) is 4.76. The first-order chi connectivity index (χ1) is 9.80. The maximum atomic E-state index is 6.42. The molecule has 2 heterocycles. The fourth-order valence-electron chi connectivity index (χ4n) is 3.67. The second kappa shape index (κ2) is 6.27. The van der Waals surface area contributed by atoms with Crippen LogP contribution in [-0.2, 0) is 17.8 Å². The number of nitrogens with one attached hydrogen (secondary N) is 1. The number of rotatable bonds is 5. The fraction of sp³-hybridized carbons (Fsp3) is 0.812. The summed E-state index contributed by atoms with van der Waals surface area (Å²) in [6.45, 7) is 4.92. The first-order valence-corrected chi connectivity index (χ1v) is 8.19. The van der Waals surface area contributed by atoms with Crippen molar-refractivity contribution in [1.29, 1.82) is 0 Å². The van der Waals surface area contributed by atoms with Gasteiger partial charge in [-0.15, -0.1) is 0 Å². The lowest BCUT2D eigenvalue weighted by molar-refractivity contribution is -0.0679. The van der Waals surface area contributed by atoms with E-state index in [0.29, 0.717) is 6.10 Å². The number of nitrogens with zero attached hydrogens (tertiary/aromatic N) is 2. The highest BCUT2D eigenvalue weighted by Crippen LogP contribution is 2.42. The Morgan fingerprint density at radius 2 is 2.20 bits per heavy atom. The van der Waals surface area contributed by atoms with Crippen molar-refractivity contribution in [3.63, 3.8) is 0 Å². The minimum Gasteiger partial charge on any atom is -0.370 e. The number of hydrogen-bond donors (Lipinski definition) is 1. The maximum absolute atomic E-state index is 6.42. The zero-order valence-corrected chi connectivity index (χ0v) is 12.6. The van der Waals surface area contributed by atoms with Crippen molar-refractivity contribution in [3.05, 3.63) is 18.2 Å². The molecule has 1 aromatic heterocycles. The largest absolute Gasteiger partial charge is 0.370 e. The van der Waals surface area contributed by atoms with Crippen LogP contribution in [-0.4, -0.2) is 27.8 Å². The van der Waals surface area contributed by atoms with Gasteiger partial charge in [-0.25, -0.2) is 4.98 Å². The summed E-state index contributed by atoms with van der Waals surface area (Å²) in [4.78, 5) is 4.44. The van der Waals surface area contributed by atoms with Crippen LogP contribution in [0.3, 0.4) is 0 Å².